The molecule has 6 heteroatoms. The lowest BCUT2D eigenvalue weighted by Crippen LogP contribution is -2.48. The molecular weight excluding hydrogens is 254 g/mol. The smallest absolute Gasteiger partial charge is 0.321 e. The Morgan fingerprint density at radius 3 is 2.33 bits per heavy atom. The van der Waals surface area contributed by atoms with Gasteiger partial charge in [0, 0.05) is 4.75 Å². The number of thioether (sulfide) groups is 1. The lowest BCUT2D eigenvalue weighted by atomic mass is 10.1. The van der Waals surface area contributed by atoms with Gasteiger partial charge >= 0.3 is 11.9 Å². The minimum atomic E-state index is -1.06. The van der Waals surface area contributed by atoms with E-state index in [0.717, 1.165) is 6.42 Å². The van der Waals surface area contributed by atoms with Crippen molar-refractivity contribution in [3.05, 3.63) is 0 Å². The van der Waals surface area contributed by atoms with Crippen molar-refractivity contribution in [3.63, 3.8) is 0 Å². The van der Waals surface area contributed by atoms with E-state index in [-0.39, 0.29) is 11.2 Å². The zero-order chi connectivity index (χ0) is 14.3. The van der Waals surface area contributed by atoms with Crippen LogP contribution in [-0.4, -0.2) is 39.7 Å². The normalized spacial score (nSPS) is 14.9. The summed E-state index contributed by atoms with van der Waals surface area (Å²) in [6, 6.07) is -1.02. The van der Waals surface area contributed by atoms with Gasteiger partial charge in [0.15, 0.2) is 0 Å². The Morgan fingerprint density at radius 1 is 1.39 bits per heavy atom. The fourth-order valence-corrected chi connectivity index (χ4v) is 2.96. The van der Waals surface area contributed by atoms with Crippen molar-refractivity contribution >= 4 is 23.7 Å². The Hall–Kier alpha value is -0.750. The van der Waals surface area contributed by atoms with E-state index < -0.39 is 16.8 Å². The molecule has 18 heavy (non-hydrogen) atoms. The molecule has 1 unspecified atom stereocenters. The Bertz CT molecular complexity index is 294. The van der Waals surface area contributed by atoms with Crippen LogP contribution < -0.4 is 5.73 Å². The minimum Gasteiger partial charge on any atom is -0.480 e. The number of rotatable bonds is 8. The van der Waals surface area contributed by atoms with Gasteiger partial charge in [-0.05, 0) is 27.2 Å². The van der Waals surface area contributed by atoms with E-state index in [1.165, 1.54) is 11.8 Å². The van der Waals surface area contributed by atoms with Crippen molar-refractivity contribution in [1.29, 1.82) is 0 Å². The fraction of sp³-hybridized carbons (Fsp3) is 0.833. The van der Waals surface area contributed by atoms with Crippen LogP contribution in [0.3, 0.4) is 0 Å². The van der Waals surface area contributed by atoms with Crippen molar-refractivity contribution in [2.45, 2.75) is 56.6 Å². The Balaban J connectivity index is 4.75. The predicted molar refractivity (Wildman–Crippen MR) is 72.6 cm³/mol. The maximum Gasteiger partial charge on any atom is 0.321 e. The van der Waals surface area contributed by atoms with E-state index in [1.54, 1.807) is 20.8 Å². The van der Waals surface area contributed by atoms with Crippen molar-refractivity contribution < 1.29 is 19.4 Å². The van der Waals surface area contributed by atoms with E-state index in [4.69, 9.17) is 15.6 Å². The van der Waals surface area contributed by atoms with Gasteiger partial charge in [-0.1, -0.05) is 13.3 Å². The molecule has 0 amide bonds. The SMILES string of the molecule is CCCC(SC(C)(C)[C@@H](N)C(=O)O)C(=O)OCC. The van der Waals surface area contributed by atoms with Crippen LogP contribution in [0.4, 0.5) is 0 Å². The number of carboxylic acid groups (broad SMARTS) is 1. The van der Waals surface area contributed by atoms with Crippen LogP contribution in [0.5, 0.6) is 0 Å². The summed E-state index contributed by atoms with van der Waals surface area (Å²) in [5.74, 6) is -1.36. The number of esters is 1. The third kappa shape index (κ3) is 5.27. The molecule has 0 saturated carbocycles. The number of hydrogen-bond donors (Lipinski definition) is 2. The third-order valence-electron chi connectivity index (χ3n) is 2.56. The first-order valence-corrected chi connectivity index (χ1v) is 6.97. The summed E-state index contributed by atoms with van der Waals surface area (Å²) in [5, 5.41) is 8.58. The van der Waals surface area contributed by atoms with Crippen LogP contribution >= 0.6 is 11.8 Å². The molecule has 0 bridgehead atoms. The number of aliphatic carboxylic acids is 1. The summed E-state index contributed by atoms with van der Waals surface area (Å²) in [5.41, 5.74) is 5.64. The Labute approximate surface area is 112 Å². The van der Waals surface area contributed by atoms with Crippen molar-refractivity contribution in [3.8, 4) is 0 Å². The average Bonchev–Trinajstić information content (AvgIpc) is 2.27. The lowest BCUT2D eigenvalue weighted by molar-refractivity contribution is -0.143. The fourth-order valence-electron chi connectivity index (χ4n) is 1.46. The van der Waals surface area contributed by atoms with Gasteiger partial charge in [0.1, 0.15) is 11.3 Å². The highest BCUT2D eigenvalue weighted by Gasteiger charge is 2.37. The topological polar surface area (TPSA) is 89.6 Å². The van der Waals surface area contributed by atoms with Crippen molar-refractivity contribution in [2.24, 2.45) is 5.73 Å². The molecule has 106 valence electrons. The lowest BCUT2D eigenvalue weighted by Gasteiger charge is -2.31. The van der Waals surface area contributed by atoms with E-state index in [2.05, 4.69) is 0 Å². The van der Waals surface area contributed by atoms with Gasteiger partial charge in [-0.2, -0.15) is 0 Å². The summed E-state index contributed by atoms with van der Waals surface area (Å²) in [7, 11) is 0. The molecule has 0 saturated heterocycles. The Morgan fingerprint density at radius 2 is 1.94 bits per heavy atom. The molecule has 0 aliphatic rings. The standard InChI is InChI=1S/C12H23NO4S/c1-5-7-8(11(16)17-6-2)18-12(3,4)9(13)10(14)15/h8-9H,5-7,13H2,1-4H3,(H,14,15)/t8?,9-/m0/s1. The first-order chi connectivity index (χ1) is 8.26. The third-order valence-corrected chi connectivity index (χ3v) is 4.14. The van der Waals surface area contributed by atoms with Gasteiger partial charge in [-0.25, -0.2) is 0 Å². The predicted octanol–water partition coefficient (Wildman–Crippen LogP) is 1.64. The summed E-state index contributed by atoms with van der Waals surface area (Å²) in [6.45, 7) is 7.51. The highest BCUT2D eigenvalue weighted by molar-refractivity contribution is 8.02. The second-order valence-corrected chi connectivity index (χ2v) is 6.42. The number of carboxylic acids is 1. The van der Waals surface area contributed by atoms with E-state index in [9.17, 15) is 9.59 Å². The molecule has 3 N–H and O–H groups in total. The quantitative estimate of drug-likeness (QED) is 0.656. The first-order valence-electron chi connectivity index (χ1n) is 6.09. The number of carbonyl (C=O) groups excluding carboxylic acids is 1. The van der Waals surface area contributed by atoms with Gasteiger partial charge < -0.3 is 15.6 Å². The van der Waals surface area contributed by atoms with Gasteiger partial charge in [0.25, 0.3) is 0 Å². The molecular formula is C12H23NO4S. The highest BCUT2D eigenvalue weighted by atomic mass is 32.2. The molecule has 0 aliphatic heterocycles. The summed E-state index contributed by atoms with van der Waals surface area (Å²) < 4.78 is 4.27. The molecule has 0 spiro atoms. The number of nitrogens with two attached hydrogens (primary N) is 1. The van der Waals surface area contributed by atoms with Crippen LogP contribution in [0.2, 0.25) is 0 Å². The zero-order valence-corrected chi connectivity index (χ0v) is 12.3. The second-order valence-electron chi connectivity index (χ2n) is 4.57. The summed E-state index contributed by atoms with van der Waals surface area (Å²) >= 11 is 1.28. The minimum absolute atomic E-state index is 0.296. The van der Waals surface area contributed by atoms with Crippen LogP contribution in [0.25, 0.3) is 0 Å². The molecule has 0 aromatic rings. The highest BCUT2D eigenvalue weighted by Crippen LogP contribution is 2.34. The molecule has 0 radical (unpaired) electrons. The number of ether oxygens (including phenoxy) is 1. The summed E-state index contributed by atoms with van der Waals surface area (Å²) in [4.78, 5) is 22.7. The zero-order valence-electron chi connectivity index (χ0n) is 11.4. The molecule has 0 aromatic heterocycles. The monoisotopic (exact) mass is 277 g/mol. The van der Waals surface area contributed by atoms with Crippen LogP contribution in [0, 0.1) is 0 Å². The maximum atomic E-state index is 11.8. The van der Waals surface area contributed by atoms with Gasteiger partial charge in [0.2, 0.25) is 0 Å². The Kier molecular flexibility index (Phi) is 7.32. The van der Waals surface area contributed by atoms with E-state index in [0.29, 0.717) is 13.0 Å². The van der Waals surface area contributed by atoms with E-state index >= 15 is 0 Å². The maximum absolute atomic E-state index is 11.8. The largest absolute Gasteiger partial charge is 0.480 e. The van der Waals surface area contributed by atoms with Gasteiger partial charge in [-0.15, -0.1) is 11.8 Å². The van der Waals surface area contributed by atoms with Crippen LogP contribution in [-0.2, 0) is 14.3 Å². The van der Waals surface area contributed by atoms with Crippen molar-refractivity contribution in [2.75, 3.05) is 6.61 Å². The number of carbonyl (C=O) groups is 2. The van der Waals surface area contributed by atoms with Gasteiger partial charge in [-0.3, -0.25) is 9.59 Å². The second kappa shape index (κ2) is 7.63. The molecule has 2 atom stereocenters. The van der Waals surface area contributed by atoms with Crippen molar-refractivity contribution in [1.82, 2.24) is 0 Å². The molecule has 0 fully saturated rings. The van der Waals surface area contributed by atoms with Gasteiger partial charge in [0.05, 0.1) is 6.61 Å². The molecule has 0 aromatic carbocycles. The summed E-state index contributed by atoms with van der Waals surface area (Å²) in [6.07, 6.45) is 1.48. The van der Waals surface area contributed by atoms with Crippen LogP contribution in [0.1, 0.15) is 40.5 Å². The molecule has 0 heterocycles. The number of hydrogen-bond acceptors (Lipinski definition) is 5. The molecule has 5 nitrogen and oxygen atoms in total. The first kappa shape index (κ1) is 17.2. The van der Waals surface area contributed by atoms with Crippen LogP contribution in [0.15, 0.2) is 0 Å². The van der Waals surface area contributed by atoms with E-state index in [1.807, 2.05) is 6.92 Å². The average molecular weight is 277 g/mol. The molecule has 0 rings (SSSR count). The molecule has 0 aliphatic carbocycles.